The first-order valence-corrected chi connectivity index (χ1v) is 9.08. The number of rotatable bonds is 5. The Balaban J connectivity index is 0.00000280. The second kappa shape index (κ2) is 9.16. The summed E-state index contributed by atoms with van der Waals surface area (Å²) in [6.45, 7) is 5.35. The van der Waals surface area contributed by atoms with Crippen LogP contribution in [0, 0.1) is 0 Å². The molecule has 1 aromatic carbocycles. The van der Waals surface area contributed by atoms with Gasteiger partial charge in [-0.1, -0.05) is 12.1 Å². The van der Waals surface area contributed by atoms with Crippen LogP contribution in [0.1, 0.15) is 29.1 Å². The minimum absolute atomic E-state index is 0. The summed E-state index contributed by atoms with van der Waals surface area (Å²) in [5.74, 6) is 0.663. The predicted molar refractivity (Wildman–Crippen MR) is 112 cm³/mol. The number of methoxy groups -OCH3 is 1. The Hall–Kier alpha value is -2.45. The van der Waals surface area contributed by atoms with E-state index in [1.165, 1.54) is 4.90 Å². The molecular formula is C19H28ClN5O3. The van der Waals surface area contributed by atoms with E-state index in [9.17, 15) is 9.59 Å². The number of aromatic amines is 2. The molecule has 1 saturated heterocycles. The molecule has 2 N–H and O–H groups in total. The van der Waals surface area contributed by atoms with E-state index >= 15 is 0 Å². The van der Waals surface area contributed by atoms with Crippen LogP contribution in [-0.2, 0) is 0 Å². The third-order valence-electron chi connectivity index (χ3n) is 5.08. The van der Waals surface area contributed by atoms with Crippen LogP contribution in [0.25, 0.3) is 0 Å². The Morgan fingerprint density at radius 3 is 2.39 bits per heavy atom. The fourth-order valence-corrected chi connectivity index (χ4v) is 3.53. The summed E-state index contributed by atoms with van der Waals surface area (Å²) < 4.78 is 5.47. The molecule has 0 spiro atoms. The lowest BCUT2D eigenvalue weighted by molar-refractivity contribution is 0.0817. The van der Waals surface area contributed by atoms with Crippen LogP contribution >= 0.6 is 12.4 Å². The number of halogens is 1. The van der Waals surface area contributed by atoms with Crippen LogP contribution in [0.2, 0.25) is 0 Å². The van der Waals surface area contributed by atoms with Crippen molar-refractivity contribution < 1.29 is 9.53 Å². The second-order valence-electron chi connectivity index (χ2n) is 6.94. The highest BCUT2D eigenvalue weighted by Gasteiger charge is 2.28. The van der Waals surface area contributed by atoms with Crippen LogP contribution in [0.5, 0.6) is 5.75 Å². The van der Waals surface area contributed by atoms with Gasteiger partial charge in [-0.25, -0.2) is 4.79 Å². The van der Waals surface area contributed by atoms with E-state index in [0.29, 0.717) is 11.4 Å². The summed E-state index contributed by atoms with van der Waals surface area (Å²) in [6, 6.07) is 7.94. The van der Waals surface area contributed by atoms with Gasteiger partial charge in [0, 0.05) is 46.3 Å². The van der Waals surface area contributed by atoms with Gasteiger partial charge in [0.2, 0.25) is 0 Å². The molecule has 1 fully saturated rings. The van der Waals surface area contributed by atoms with Gasteiger partial charge in [0.05, 0.1) is 18.5 Å². The standard InChI is InChI=1S/C19H27N5O3.ClH/c1-13(16-17(18(25)22(2)3)21-19(26)20-16)23-9-11-24(12-10-23)14-7-5-6-8-15(14)27-4;/h5-8,13H,9-12H2,1-4H3,(H2,20,21,26);1H. The number of H-pyrrole nitrogens is 2. The number of anilines is 1. The van der Waals surface area contributed by atoms with Gasteiger partial charge >= 0.3 is 5.69 Å². The van der Waals surface area contributed by atoms with Gasteiger partial charge in [-0.15, -0.1) is 12.4 Å². The summed E-state index contributed by atoms with van der Waals surface area (Å²) in [5, 5.41) is 0. The fraction of sp³-hybridized carbons (Fsp3) is 0.474. The molecule has 9 heteroatoms. The molecule has 154 valence electrons. The van der Waals surface area contributed by atoms with E-state index in [2.05, 4.69) is 25.8 Å². The topological polar surface area (TPSA) is 84.7 Å². The van der Waals surface area contributed by atoms with Crippen molar-refractivity contribution in [2.75, 3.05) is 52.3 Å². The number of para-hydroxylation sites is 2. The number of hydrogen-bond donors (Lipinski definition) is 2. The average molecular weight is 410 g/mol. The lowest BCUT2D eigenvalue weighted by Gasteiger charge is -2.39. The molecule has 1 amide bonds. The number of ether oxygens (including phenoxy) is 1. The number of amides is 1. The first-order valence-electron chi connectivity index (χ1n) is 9.08. The van der Waals surface area contributed by atoms with E-state index in [1.54, 1.807) is 21.2 Å². The largest absolute Gasteiger partial charge is 0.495 e. The van der Waals surface area contributed by atoms with Crippen molar-refractivity contribution in [2.45, 2.75) is 13.0 Å². The molecular weight excluding hydrogens is 382 g/mol. The predicted octanol–water partition coefficient (Wildman–Crippen LogP) is 1.72. The maximum atomic E-state index is 12.4. The highest BCUT2D eigenvalue weighted by molar-refractivity contribution is 5.93. The van der Waals surface area contributed by atoms with Crippen molar-refractivity contribution in [1.29, 1.82) is 0 Å². The number of carbonyl (C=O) groups excluding carboxylic acids is 1. The molecule has 2 heterocycles. The number of carbonyl (C=O) groups is 1. The first kappa shape index (κ1) is 21.8. The van der Waals surface area contributed by atoms with Gasteiger partial charge in [-0.3, -0.25) is 9.69 Å². The maximum absolute atomic E-state index is 12.4. The number of piperazine rings is 1. The highest BCUT2D eigenvalue weighted by atomic mass is 35.5. The number of aromatic nitrogens is 2. The fourth-order valence-electron chi connectivity index (χ4n) is 3.53. The van der Waals surface area contributed by atoms with Gasteiger partial charge in [0.1, 0.15) is 11.4 Å². The van der Waals surface area contributed by atoms with Crippen LogP contribution in [0.4, 0.5) is 5.69 Å². The van der Waals surface area contributed by atoms with E-state index in [1.807, 2.05) is 25.1 Å². The molecule has 8 nitrogen and oxygen atoms in total. The van der Waals surface area contributed by atoms with Crippen LogP contribution in [0.3, 0.4) is 0 Å². The third-order valence-corrected chi connectivity index (χ3v) is 5.08. The Morgan fingerprint density at radius 1 is 1.14 bits per heavy atom. The van der Waals surface area contributed by atoms with Crippen molar-refractivity contribution in [1.82, 2.24) is 19.8 Å². The summed E-state index contributed by atoms with van der Waals surface area (Å²) in [6.07, 6.45) is 0. The van der Waals surface area contributed by atoms with Crippen molar-refractivity contribution >= 4 is 24.0 Å². The third kappa shape index (κ3) is 4.34. The Labute approximate surface area is 170 Å². The lowest BCUT2D eigenvalue weighted by atomic mass is 10.1. The summed E-state index contributed by atoms with van der Waals surface area (Å²) in [4.78, 5) is 35.7. The average Bonchev–Trinajstić information content (AvgIpc) is 3.08. The Kier molecular flexibility index (Phi) is 7.15. The van der Waals surface area contributed by atoms with Gasteiger partial charge < -0.3 is 24.5 Å². The van der Waals surface area contributed by atoms with Crippen molar-refractivity contribution in [3.63, 3.8) is 0 Å². The zero-order chi connectivity index (χ0) is 19.6. The van der Waals surface area contributed by atoms with Crippen LogP contribution in [0.15, 0.2) is 29.1 Å². The molecule has 0 bridgehead atoms. The molecule has 1 atom stereocenters. The van der Waals surface area contributed by atoms with E-state index in [0.717, 1.165) is 37.6 Å². The van der Waals surface area contributed by atoms with Gasteiger partial charge in [0.15, 0.2) is 0 Å². The quantitative estimate of drug-likeness (QED) is 0.785. The molecule has 0 radical (unpaired) electrons. The first-order chi connectivity index (χ1) is 12.9. The van der Waals surface area contributed by atoms with Crippen molar-refractivity contribution in [2.24, 2.45) is 0 Å². The molecule has 1 aliphatic heterocycles. The summed E-state index contributed by atoms with van der Waals surface area (Å²) in [5.41, 5.74) is 1.72. The Bertz CT molecular complexity index is 855. The van der Waals surface area contributed by atoms with E-state index < -0.39 is 0 Å². The van der Waals surface area contributed by atoms with Crippen molar-refractivity contribution in [3.8, 4) is 5.75 Å². The molecule has 2 aromatic rings. The number of nitrogens with one attached hydrogen (secondary N) is 2. The summed E-state index contributed by atoms with van der Waals surface area (Å²) in [7, 11) is 5.03. The van der Waals surface area contributed by atoms with E-state index in [-0.39, 0.29) is 30.0 Å². The number of nitrogens with zero attached hydrogens (tertiary/aromatic N) is 3. The van der Waals surface area contributed by atoms with Gasteiger partial charge in [-0.2, -0.15) is 0 Å². The second-order valence-corrected chi connectivity index (χ2v) is 6.94. The van der Waals surface area contributed by atoms with E-state index in [4.69, 9.17) is 4.74 Å². The number of hydrogen-bond acceptors (Lipinski definition) is 5. The molecule has 1 unspecified atom stereocenters. The molecule has 1 aliphatic rings. The molecule has 3 rings (SSSR count). The monoisotopic (exact) mass is 409 g/mol. The van der Waals surface area contributed by atoms with Gasteiger partial charge in [0.25, 0.3) is 5.91 Å². The highest BCUT2D eigenvalue weighted by Crippen LogP contribution is 2.30. The molecule has 1 aromatic heterocycles. The minimum Gasteiger partial charge on any atom is -0.495 e. The lowest BCUT2D eigenvalue weighted by Crippen LogP contribution is -2.47. The number of benzene rings is 1. The smallest absolute Gasteiger partial charge is 0.323 e. The zero-order valence-electron chi connectivity index (χ0n) is 16.7. The van der Waals surface area contributed by atoms with Crippen LogP contribution < -0.4 is 15.3 Å². The number of imidazole rings is 1. The molecule has 0 saturated carbocycles. The maximum Gasteiger partial charge on any atom is 0.323 e. The molecule has 0 aliphatic carbocycles. The summed E-state index contributed by atoms with van der Waals surface area (Å²) >= 11 is 0. The normalized spacial score (nSPS) is 15.6. The molecule has 28 heavy (non-hydrogen) atoms. The van der Waals surface area contributed by atoms with Crippen molar-refractivity contribution in [3.05, 3.63) is 46.1 Å². The zero-order valence-corrected chi connectivity index (χ0v) is 17.5. The SMILES string of the molecule is COc1ccccc1N1CCN(C(C)c2[nH]c(=O)[nH]c2C(=O)N(C)C)CC1.Cl. The Morgan fingerprint density at radius 2 is 1.79 bits per heavy atom. The van der Waals surface area contributed by atoms with Gasteiger partial charge in [-0.05, 0) is 19.1 Å². The minimum atomic E-state index is -0.352. The van der Waals surface area contributed by atoms with Crippen LogP contribution in [-0.4, -0.2) is 73.1 Å².